The molecule has 0 radical (unpaired) electrons. The van der Waals surface area contributed by atoms with Crippen LogP contribution in [0, 0.1) is 5.82 Å². The summed E-state index contributed by atoms with van der Waals surface area (Å²) in [6, 6.07) is 12.9. The summed E-state index contributed by atoms with van der Waals surface area (Å²) in [6.07, 6.45) is 2.66. The number of benzene rings is 2. The van der Waals surface area contributed by atoms with Gasteiger partial charge in [-0.3, -0.25) is 10.1 Å². The number of halogens is 1. The van der Waals surface area contributed by atoms with Crippen LogP contribution in [-0.2, 0) is 6.42 Å². The van der Waals surface area contributed by atoms with Gasteiger partial charge in [0.1, 0.15) is 5.82 Å². The van der Waals surface area contributed by atoms with Gasteiger partial charge in [-0.1, -0.05) is 12.1 Å². The Balaban J connectivity index is 1.29. The van der Waals surface area contributed by atoms with Crippen LogP contribution in [0.1, 0.15) is 5.56 Å². The first-order valence-corrected chi connectivity index (χ1v) is 9.16. The number of guanidine groups is 1. The number of hydrogen-bond acceptors (Lipinski definition) is 3. The monoisotopic (exact) mass is 366 g/mol. The third kappa shape index (κ3) is 4.02. The maximum atomic E-state index is 13.1. The molecule has 2 aromatic carbocycles. The van der Waals surface area contributed by atoms with E-state index in [0.29, 0.717) is 12.5 Å². The molecule has 1 saturated heterocycles. The van der Waals surface area contributed by atoms with Crippen molar-refractivity contribution in [2.75, 3.05) is 37.6 Å². The van der Waals surface area contributed by atoms with Crippen molar-refractivity contribution in [2.45, 2.75) is 6.42 Å². The number of aromatic nitrogens is 2. The standard InChI is InChI=1S/C20H23FN6/c21-17-3-5-18(6-4-17)26-9-11-27(12-10-26)20(22)23-8-7-15-1-2-16-14-24-25-19(16)13-15/h1-6,13-14H,7-12H2,(H2,22,23)(H,24,25). The van der Waals surface area contributed by atoms with Gasteiger partial charge in [0.05, 0.1) is 11.7 Å². The molecule has 0 aliphatic carbocycles. The van der Waals surface area contributed by atoms with Gasteiger partial charge in [0.2, 0.25) is 0 Å². The van der Waals surface area contributed by atoms with E-state index < -0.39 is 0 Å². The van der Waals surface area contributed by atoms with E-state index in [1.807, 2.05) is 18.3 Å². The Hall–Kier alpha value is -3.09. The molecule has 0 amide bonds. The van der Waals surface area contributed by atoms with E-state index >= 15 is 0 Å². The van der Waals surface area contributed by atoms with Gasteiger partial charge in [-0.05, 0) is 42.3 Å². The second-order valence-electron chi connectivity index (χ2n) is 6.73. The molecule has 0 unspecified atom stereocenters. The minimum Gasteiger partial charge on any atom is -0.370 e. The zero-order valence-electron chi connectivity index (χ0n) is 15.1. The van der Waals surface area contributed by atoms with Crippen molar-refractivity contribution in [3.63, 3.8) is 0 Å². The van der Waals surface area contributed by atoms with E-state index in [-0.39, 0.29) is 5.82 Å². The van der Waals surface area contributed by atoms with Gasteiger partial charge >= 0.3 is 0 Å². The van der Waals surface area contributed by atoms with E-state index in [1.165, 1.54) is 17.7 Å². The number of anilines is 1. The highest BCUT2D eigenvalue weighted by Gasteiger charge is 2.18. The first kappa shape index (κ1) is 17.3. The number of hydrogen-bond donors (Lipinski definition) is 2. The van der Waals surface area contributed by atoms with Gasteiger partial charge in [0.25, 0.3) is 0 Å². The van der Waals surface area contributed by atoms with E-state index in [2.05, 4.69) is 43.2 Å². The highest BCUT2D eigenvalue weighted by atomic mass is 19.1. The van der Waals surface area contributed by atoms with Gasteiger partial charge in [-0.25, -0.2) is 4.39 Å². The highest BCUT2D eigenvalue weighted by Crippen LogP contribution is 2.17. The number of fused-ring (bicyclic) bond motifs is 1. The molecule has 2 heterocycles. The van der Waals surface area contributed by atoms with E-state index in [1.54, 1.807) is 0 Å². The largest absolute Gasteiger partial charge is 0.370 e. The summed E-state index contributed by atoms with van der Waals surface area (Å²) < 4.78 is 13.1. The van der Waals surface area contributed by atoms with Crippen molar-refractivity contribution in [1.82, 2.24) is 15.1 Å². The molecule has 27 heavy (non-hydrogen) atoms. The molecule has 0 atom stereocenters. The number of nitrogens with two attached hydrogens (primary N) is 1. The van der Waals surface area contributed by atoms with Gasteiger partial charge < -0.3 is 15.5 Å². The summed E-state index contributed by atoms with van der Waals surface area (Å²) in [6.45, 7) is 3.97. The predicted molar refractivity (Wildman–Crippen MR) is 106 cm³/mol. The number of nitrogens with zero attached hydrogens (tertiary/aromatic N) is 4. The van der Waals surface area contributed by atoms with Crippen LogP contribution in [-0.4, -0.2) is 53.8 Å². The smallest absolute Gasteiger partial charge is 0.191 e. The zero-order chi connectivity index (χ0) is 18.6. The van der Waals surface area contributed by atoms with Crippen LogP contribution in [0.5, 0.6) is 0 Å². The third-order valence-electron chi connectivity index (χ3n) is 4.98. The van der Waals surface area contributed by atoms with Crippen LogP contribution in [0.25, 0.3) is 10.9 Å². The Bertz CT molecular complexity index is 925. The third-order valence-corrected chi connectivity index (χ3v) is 4.98. The average Bonchev–Trinajstić information content (AvgIpc) is 3.16. The molecule has 1 aromatic heterocycles. The molecule has 0 spiro atoms. The molecule has 6 nitrogen and oxygen atoms in total. The van der Waals surface area contributed by atoms with Crippen LogP contribution in [0.3, 0.4) is 0 Å². The fourth-order valence-corrected chi connectivity index (χ4v) is 3.38. The molecular weight excluding hydrogens is 343 g/mol. The molecule has 7 heteroatoms. The summed E-state index contributed by atoms with van der Waals surface area (Å²) in [5.41, 5.74) is 9.48. The Labute approximate surface area is 157 Å². The lowest BCUT2D eigenvalue weighted by atomic mass is 10.1. The summed E-state index contributed by atoms with van der Waals surface area (Å²) in [5, 5.41) is 8.14. The SMILES string of the molecule is NC(=NCCc1ccc2cn[nH]c2c1)N1CCN(c2ccc(F)cc2)CC1. The summed E-state index contributed by atoms with van der Waals surface area (Å²) in [7, 11) is 0. The maximum Gasteiger partial charge on any atom is 0.191 e. The Kier molecular flexibility index (Phi) is 4.91. The van der Waals surface area contributed by atoms with Gasteiger partial charge in [-0.15, -0.1) is 0 Å². The molecule has 3 aromatic rings. The molecule has 3 N–H and O–H groups in total. The lowest BCUT2D eigenvalue weighted by Crippen LogP contribution is -2.51. The van der Waals surface area contributed by atoms with Gasteiger partial charge in [0.15, 0.2) is 5.96 Å². The normalized spacial score (nSPS) is 15.5. The predicted octanol–water partition coefficient (Wildman–Crippen LogP) is 2.38. The average molecular weight is 366 g/mol. The zero-order valence-corrected chi connectivity index (χ0v) is 15.1. The molecule has 4 rings (SSSR count). The maximum absolute atomic E-state index is 13.1. The molecule has 0 saturated carbocycles. The molecule has 140 valence electrons. The van der Waals surface area contributed by atoms with Gasteiger partial charge in [-0.2, -0.15) is 5.10 Å². The number of rotatable bonds is 4. The summed E-state index contributed by atoms with van der Waals surface area (Å²) in [4.78, 5) is 8.89. The molecule has 1 aliphatic rings. The Morgan fingerprint density at radius 3 is 2.67 bits per heavy atom. The van der Waals surface area contributed by atoms with Crippen molar-refractivity contribution < 1.29 is 4.39 Å². The van der Waals surface area contributed by atoms with E-state index in [0.717, 1.165) is 49.2 Å². The van der Waals surface area contributed by atoms with E-state index in [4.69, 9.17) is 5.73 Å². The van der Waals surface area contributed by atoms with Crippen molar-refractivity contribution in [3.8, 4) is 0 Å². The van der Waals surface area contributed by atoms with Gasteiger partial charge in [0, 0.05) is 43.8 Å². The Morgan fingerprint density at radius 2 is 1.89 bits per heavy atom. The first-order chi connectivity index (χ1) is 13.2. The molecule has 1 fully saturated rings. The fourth-order valence-electron chi connectivity index (χ4n) is 3.38. The molecular formula is C20H23FN6. The van der Waals surface area contributed by atoms with Crippen molar-refractivity contribution >= 4 is 22.5 Å². The quantitative estimate of drug-likeness (QED) is 0.549. The number of nitrogens with one attached hydrogen (secondary N) is 1. The topological polar surface area (TPSA) is 73.5 Å². The van der Waals surface area contributed by atoms with Crippen LogP contribution < -0.4 is 10.6 Å². The summed E-state index contributed by atoms with van der Waals surface area (Å²) in [5.74, 6) is 0.386. The van der Waals surface area contributed by atoms with E-state index in [9.17, 15) is 4.39 Å². The first-order valence-electron chi connectivity index (χ1n) is 9.16. The van der Waals surface area contributed by atoms with Crippen LogP contribution in [0.15, 0.2) is 53.7 Å². The number of H-pyrrole nitrogens is 1. The molecule has 1 aliphatic heterocycles. The minimum absolute atomic E-state index is 0.208. The highest BCUT2D eigenvalue weighted by molar-refractivity contribution is 5.79. The minimum atomic E-state index is -0.208. The van der Waals surface area contributed by atoms with Crippen LogP contribution in [0.2, 0.25) is 0 Å². The van der Waals surface area contributed by atoms with Crippen molar-refractivity contribution in [1.29, 1.82) is 0 Å². The Morgan fingerprint density at radius 1 is 1.11 bits per heavy atom. The summed E-state index contributed by atoms with van der Waals surface area (Å²) >= 11 is 0. The number of aromatic amines is 1. The number of piperazine rings is 1. The second-order valence-corrected chi connectivity index (χ2v) is 6.73. The lowest BCUT2D eigenvalue weighted by molar-refractivity contribution is 0.381. The molecule has 0 bridgehead atoms. The van der Waals surface area contributed by atoms with Crippen LogP contribution in [0.4, 0.5) is 10.1 Å². The van der Waals surface area contributed by atoms with Crippen molar-refractivity contribution in [3.05, 3.63) is 60.0 Å². The fraction of sp³-hybridized carbons (Fsp3) is 0.300. The van der Waals surface area contributed by atoms with Crippen LogP contribution >= 0.6 is 0 Å². The van der Waals surface area contributed by atoms with Crippen molar-refractivity contribution in [2.24, 2.45) is 10.7 Å². The lowest BCUT2D eigenvalue weighted by Gasteiger charge is -2.36. The second kappa shape index (κ2) is 7.65. The number of aliphatic imine (C=N–C) groups is 1.